The second-order valence-electron chi connectivity index (χ2n) is 7.45. The van der Waals surface area contributed by atoms with Gasteiger partial charge in [0, 0.05) is 20.1 Å². The Morgan fingerprint density at radius 3 is 2.96 bits per heavy atom. The van der Waals surface area contributed by atoms with Crippen LogP contribution in [0.15, 0.2) is 4.99 Å². The molecule has 158 valence electrons. The molecule has 2 atom stereocenters. The molecule has 2 heterocycles. The van der Waals surface area contributed by atoms with Crippen molar-refractivity contribution in [3.63, 3.8) is 0 Å². The molecule has 0 aliphatic carbocycles. The molecule has 7 nitrogen and oxygen atoms in total. The minimum atomic E-state index is -0.300. The van der Waals surface area contributed by atoms with Crippen molar-refractivity contribution in [2.24, 2.45) is 10.9 Å². The fourth-order valence-electron chi connectivity index (χ4n) is 3.45. The minimum absolute atomic E-state index is 0.0407. The monoisotopic (exact) mass is 409 g/mol. The summed E-state index contributed by atoms with van der Waals surface area (Å²) < 4.78 is 5.10. The van der Waals surface area contributed by atoms with E-state index in [1.54, 1.807) is 14.0 Å². The Morgan fingerprint density at radius 2 is 2.29 bits per heavy atom. The molecular formula is C20H35N5O2S. The van der Waals surface area contributed by atoms with Crippen molar-refractivity contribution in [1.82, 2.24) is 20.5 Å². The number of hydrogen-bond acceptors (Lipinski definition) is 6. The molecule has 0 amide bonds. The van der Waals surface area contributed by atoms with E-state index in [1.165, 1.54) is 37.3 Å². The number of piperidine rings is 1. The Hall–Kier alpha value is -1.67. The predicted octanol–water partition coefficient (Wildman–Crippen LogP) is 2.98. The summed E-state index contributed by atoms with van der Waals surface area (Å²) in [6.45, 7) is 12.8. The quantitative estimate of drug-likeness (QED) is 0.297. The van der Waals surface area contributed by atoms with Gasteiger partial charge in [-0.05, 0) is 59.0 Å². The number of hydrogen-bond donors (Lipinski definition) is 2. The molecule has 1 aromatic heterocycles. The van der Waals surface area contributed by atoms with Crippen LogP contribution in [0.25, 0.3) is 0 Å². The molecule has 8 heteroatoms. The number of ether oxygens (including phenoxy) is 1. The molecule has 0 radical (unpaired) electrons. The Balaban J connectivity index is 1.79. The van der Waals surface area contributed by atoms with Crippen molar-refractivity contribution in [3.8, 4) is 0 Å². The van der Waals surface area contributed by atoms with Gasteiger partial charge in [-0.1, -0.05) is 6.92 Å². The number of carbonyl (C=O) groups is 1. The zero-order valence-electron chi connectivity index (χ0n) is 17.9. The molecule has 2 unspecified atom stereocenters. The lowest BCUT2D eigenvalue weighted by Crippen LogP contribution is -2.41. The van der Waals surface area contributed by atoms with E-state index in [0.29, 0.717) is 17.2 Å². The molecule has 28 heavy (non-hydrogen) atoms. The number of aromatic nitrogens is 1. The molecule has 1 aromatic rings. The largest absolute Gasteiger partial charge is 0.462 e. The number of aliphatic imine (C=N–C) groups is 1. The van der Waals surface area contributed by atoms with Crippen LogP contribution in [0.4, 0.5) is 0 Å². The molecule has 1 aliphatic heterocycles. The molecule has 0 spiro atoms. The van der Waals surface area contributed by atoms with E-state index >= 15 is 0 Å². The number of esters is 1. The molecule has 1 aliphatic rings. The standard InChI is InChI=1S/C20H35N5O2S/c1-6-27-19(26)17-15(3)23-18(28-17)16(4)24-20(21-5)22-10-8-12-25-11-7-9-14(2)13-25/h14,16H,6-13H2,1-5H3,(H2,21,22,24). The summed E-state index contributed by atoms with van der Waals surface area (Å²) in [6.07, 6.45) is 3.76. The molecule has 1 saturated heterocycles. The highest BCUT2D eigenvalue weighted by Gasteiger charge is 2.20. The number of rotatable bonds is 8. The van der Waals surface area contributed by atoms with Crippen LogP contribution in [0.1, 0.15) is 66.4 Å². The summed E-state index contributed by atoms with van der Waals surface area (Å²) in [5.41, 5.74) is 0.714. The molecule has 2 rings (SSSR count). The SMILES string of the molecule is CCOC(=O)c1sc(C(C)NC(=NC)NCCCN2CCCC(C)C2)nc1C. The fraction of sp³-hybridized carbons (Fsp3) is 0.750. The summed E-state index contributed by atoms with van der Waals surface area (Å²) in [4.78, 5) is 24.0. The van der Waals surface area contributed by atoms with E-state index in [-0.39, 0.29) is 12.0 Å². The highest BCUT2D eigenvalue weighted by atomic mass is 32.1. The zero-order valence-corrected chi connectivity index (χ0v) is 18.7. The van der Waals surface area contributed by atoms with Crippen LogP contribution < -0.4 is 10.6 Å². The first kappa shape index (κ1) is 22.6. The van der Waals surface area contributed by atoms with E-state index in [9.17, 15) is 4.79 Å². The maximum absolute atomic E-state index is 12.0. The lowest BCUT2D eigenvalue weighted by atomic mass is 10.0. The third-order valence-corrected chi connectivity index (χ3v) is 6.23. The van der Waals surface area contributed by atoms with Crippen molar-refractivity contribution in [3.05, 3.63) is 15.6 Å². The van der Waals surface area contributed by atoms with Crippen LogP contribution in [-0.4, -0.2) is 61.6 Å². The molecule has 1 fully saturated rings. The second-order valence-corrected chi connectivity index (χ2v) is 8.48. The van der Waals surface area contributed by atoms with Gasteiger partial charge in [0.1, 0.15) is 9.88 Å². The number of nitrogens with zero attached hydrogens (tertiary/aromatic N) is 3. The summed E-state index contributed by atoms with van der Waals surface area (Å²) >= 11 is 1.38. The average Bonchev–Trinajstić information content (AvgIpc) is 3.06. The first-order valence-electron chi connectivity index (χ1n) is 10.3. The molecule has 0 bridgehead atoms. The lowest BCUT2D eigenvalue weighted by molar-refractivity contribution is 0.0531. The molecule has 2 N–H and O–H groups in total. The summed E-state index contributed by atoms with van der Waals surface area (Å²) in [5.74, 6) is 1.27. The Labute approximate surface area is 173 Å². The molecule has 0 aromatic carbocycles. The van der Waals surface area contributed by atoms with Gasteiger partial charge < -0.3 is 20.3 Å². The van der Waals surface area contributed by atoms with Crippen LogP contribution in [-0.2, 0) is 4.74 Å². The highest BCUT2D eigenvalue weighted by molar-refractivity contribution is 7.13. The topological polar surface area (TPSA) is 78.8 Å². The van der Waals surface area contributed by atoms with Crippen molar-refractivity contribution >= 4 is 23.3 Å². The van der Waals surface area contributed by atoms with Crippen molar-refractivity contribution in [1.29, 1.82) is 0 Å². The normalized spacial score (nSPS) is 19.3. The van der Waals surface area contributed by atoms with Gasteiger partial charge in [0.05, 0.1) is 18.3 Å². The van der Waals surface area contributed by atoms with Crippen LogP contribution in [0.5, 0.6) is 0 Å². The van der Waals surface area contributed by atoms with Crippen molar-refractivity contribution < 1.29 is 9.53 Å². The third kappa shape index (κ3) is 6.74. The Morgan fingerprint density at radius 1 is 1.50 bits per heavy atom. The van der Waals surface area contributed by atoms with E-state index in [1.807, 2.05) is 13.8 Å². The lowest BCUT2D eigenvalue weighted by Gasteiger charge is -2.30. The number of thiazole rings is 1. The van der Waals surface area contributed by atoms with Crippen LogP contribution >= 0.6 is 11.3 Å². The third-order valence-electron chi connectivity index (χ3n) is 4.91. The molecular weight excluding hydrogens is 374 g/mol. The van der Waals surface area contributed by atoms with Gasteiger partial charge in [0.25, 0.3) is 0 Å². The second kappa shape index (κ2) is 11.4. The first-order chi connectivity index (χ1) is 13.4. The van der Waals surface area contributed by atoms with Gasteiger partial charge >= 0.3 is 5.97 Å². The van der Waals surface area contributed by atoms with E-state index in [4.69, 9.17) is 4.74 Å². The molecule has 0 saturated carbocycles. The van der Waals surface area contributed by atoms with Crippen molar-refractivity contribution in [2.75, 3.05) is 39.8 Å². The van der Waals surface area contributed by atoms with Gasteiger partial charge in [-0.3, -0.25) is 4.99 Å². The highest BCUT2D eigenvalue weighted by Crippen LogP contribution is 2.24. The summed E-state index contributed by atoms with van der Waals surface area (Å²) in [5, 5.41) is 7.60. The van der Waals surface area contributed by atoms with Crippen LogP contribution in [0.3, 0.4) is 0 Å². The number of aryl methyl sites for hydroxylation is 1. The van der Waals surface area contributed by atoms with Gasteiger partial charge in [-0.15, -0.1) is 11.3 Å². The van der Waals surface area contributed by atoms with Crippen LogP contribution in [0, 0.1) is 12.8 Å². The number of nitrogens with one attached hydrogen (secondary N) is 2. The van der Waals surface area contributed by atoms with Gasteiger partial charge in [0.15, 0.2) is 5.96 Å². The van der Waals surface area contributed by atoms with E-state index < -0.39 is 0 Å². The van der Waals surface area contributed by atoms with Crippen LogP contribution in [0.2, 0.25) is 0 Å². The maximum Gasteiger partial charge on any atom is 0.350 e. The van der Waals surface area contributed by atoms with Crippen molar-refractivity contribution in [2.45, 2.75) is 53.0 Å². The fourth-order valence-corrected chi connectivity index (χ4v) is 4.41. The minimum Gasteiger partial charge on any atom is -0.462 e. The van der Waals surface area contributed by atoms with Gasteiger partial charge in [-0.2, -0.15) is 0 Å². The smallest absolute Gasteiger partial charge is 0.350 e. The first-order valence-corrected chi connectivity index (χ1v) is 11.1. The van der Waals surface area contributed by atoms with Gasteiger partial charge in [0.2, 0.25) is 0 Å². The number of guanidine groups is 1. The Kier molecular flexibility index (Phi) is 9.18. The predicted molar refractivity (Wildman–Crippen MR) is 115 cm³/mol. The van der Waals surface area contributed by atoms with Gasteiger partial charge in [-0.25, -0.2) is 9.78 Å². The number of likely N-dealkylation sites (tertiary alicyclic amines) is 1. The summed E-state index contributed by atoms with van der Waals surface area (Å²) in [7, 11) is 1.77. The number of carbonyl (C=O) groups excluding carboxylic acids is 1. The van der Waals surface area contributed by atoms with E-state index in [0.717, 1.165) is 36.4 Å². The zero-order chi connectivity index (χ0) is 20.5. The van der Waals surface area contributed by atoms with E-state index in [2.05, 4.69) is 32.4 Å². The summed E-state index contributed by atoms with van der Waals surface area (Å²) in [6, 6.07) is -0.0407. The maximum atomic E-state index is 12.0. The Bertz CT molecular complexity index is 661. The average molecular weight is 410 g/mol.